The van der Waals surface area contributed by atoms with Gasteiger partial charge in [0.25, 0.3) is 10.1 Å². The van der Waals surface area contributed by atoms with E-state index >= 15 is 0 Å². The topological polar surface area (TPSA) is 74.6 Å². The van der Waals surface area contributed by atoms with Crippen LogP contribution in [-0.4, -0.2) is 18.1 Å². The fourth-order valence-corrected chi connectivity index (χ4v) is 2.43. The van der Waals surface area contributed by atoms with Crippen molar-refractivity contribution < 1.29 is 70.9 Å². The molecule has 0 bridgehead atoms. The molecule has 0 radical (unpaired) electrons. The van der Waals surface area contributed by atoms with Crippen molar-refractivity contribution in [2.75, 3.05) is 0 Å². The Morgan fingerprint density at radius 1 is 0.950 bits per heavy atom. The minimum atomic E-state index is -4.30. The third-order valence-corrected chi connectivity index (χ3v) is 3.83. The summed E-state index contributed by atoms with van der Waals surface area (Å²) in [6.45, 7) is 11.3. The Balaban J connectivity index is 0. The molecule has 0 atom stereocenters. The summed E-state index contributed by atoms with van der Waals surface area (Å²) in [4.78, 5) is -0.180. The third kappa shape index (κ3) is 4.79. The largest absolute Gasteiger partial charge is 1.00 e. The van der Waals surface area contributed by atoms with E-state index in [2.05, 4.69) is 0 Å². The first-order valence-electron chi connectivity index (χ1n) is 6.10. The zero-order valence-corrected chi connectivity index (χ0v) is 17.2. The number of hydrogen-bond acceptors (Lipinski definition) is 3. The fraction of sp³-hybridized carbons (Fsp3) is 0.571. The zero-order chi connectivity index (χ0) is 15.2. The smallest absolute Gasteiger partial charge is 1.00 e. The van der Waals surface area contributed by atoms with Crippen LogP contribution in [0.5, 0.6) is 5.75 Å². The number of phenols is 1. The van der Waals surface area contributed by atoms with Crippen LogP contribution in [0.15, 0.2) is 17.0 Å². The SMILES string of the molecule is CC(C)(C)c1cc(S(=O)(=O)O)cc(C(C)(C)C)c1O.[H-].[K+]. The number of hydrogen-bond donors (Lipinski definition) is 2. The molecule has 0 heterocycles. The van der Waals surface area contributed by atoms with Gasteiger partial charge in [0.2, 0.25) is 0 Å². The molecule has 0 fully saturated rings. The van der Waals surface area contributed by atoms with E-state index in [9.17, 15) is 18.1 Å². The van der Waals surface area contributed by atoms with Crippen LogP contribution in [-0.2, 0) is 20.9 Å². The molecule has 0 saturated heterocycles. The van der Waals surface area contributed by atoms with Crippen LogP contribution in [0.2, 0.25) is 0 Å². The van der Waals surface area contributed by atoms with Gasteiger partial charge in [0, 0.05) is 11.1 Å². The van der Waals surface area contributed by atoms with E-state index < -0.39 is 20.9 Å². The Kier molecular flexibility index (Phi) is 6.54. The summed E-state index contributed by atoms with van der Waals surface area (Å²) in [5.41, 5.74) is 0.162. The van der Waals surface area contributed by atoms with E-state index in [1.807, 2.05) is 41.5 Å². The Bertz CT molecular complexity index is 563. The second kappa shape index (κ2) is 6.36. The molecular weight excluding hydrogens is 303 g/mol. The first-order valence-corrected chi connectivity index (χ1v) is 7.54. The van der Waals surface area contributed by atoms with Crippen molar-refractivity contribution in [2.24, 2.45) is 0 Å². The molecule has 0 amide bonds. The van der Waals surface area contributed by atoms with E-state index in [0.717, 1.165) is 0 Å². The average molecular weight is 326 g/mol. The third-order valence-electron chi connectivity index (χ3n) is 3.00. The molecule has 1 aromatic carbocycles. The minimum Gasteiger partial charge on any atom is -1.00 e. The van der Waals surface area contributed by atoms with Gasteiger partial charge in [-0.15, -0.1) is 0 Å². The quantitative estimate of drug-likeness (QED) is 0.577. The number of rotatable bonds is 1. The summed E-state index contributed by atoms with van der Waals surface area (Å²) in [6, 6.07) is 2.67. The first-order chi connectivity index (χ1) is 8.24. The molecule has 0 aliphatic heterocycles. The van der Waals surface area contributed by atoms with Crippen LogP contribution >= 0.6 is 0 Å². The number of benzene rings is 1. The van der Waals surface area contributed by atoms with Crippen molar-refractivity contribution >= 4 is 10.1 Å². The molecule has 0 unspecified atom stereocenters. The molecule has 20 heavy (non-hydrogen) atoms. The molecule has 0 aromatic heterocycles. The number of aromatic hydroxyl groups is 1. The van der Waals surface area contributed by atoms with Gasteiger partial charge in [-0.1, -0.05) is 41.5 Å². The van der Waals surface area contributed by atoms with Crippen LogP contribution in [0.4, 0.5) is 0 Å². The van der Waals surface area contributed by atoms with Gasteiger partial charge >= 0.3 is 51.4 Å². The molecule has 0 saturated carbocycles. The van der Waals surface area contributed by atoms with Crippen LogP contribution in [0.1, 0.15) is 54.1 Å². The Morgan fingerprint density at radius 2 is 1.25 bits per heavy atom. The van der Waals surface area contributed by atoms with Crippen molar-refractivity contribution in [3.8, 4) is 5.75 Å². The van der Waals surface area contributed by atoms with Gasteiger partial charge in [0.05, 0.1) is 4.90 Å². The van der Waals surface area contributed by atoms with E-state index in [-0.39, 0.29) is 63.5 Å². The fourth-order valence-electron chi connectivity index (χ4n) is 1.90. The molecule has 110 valence electrons. The monoisotopic (exact) mass is 326 g/mol. The summed E-state index contributed by atoms with van der Waals surface area (Å²) in [6.07, 6.45) is 0. The average Bonchev–Trinajstić information content (AvgIpc) is 2.11. The van der Waals surface area contributed by atoms with E-state index in [4.69, 9.17) is 0 Å². The van der Waals surface area contributed by atoms with Crippen LogP contribution in [0.3, 0.4) is 0 Å². The summed E-state index contributed by atoms with van der Waals surface area (Å²) in [7, 11) is -4.30. The Labute approximate surface area is 165 Å². The first kappa shape index (κ1) is 20.6. The van der Waals surface area contributed by atoms with Gasteiger partial charge < -0.3 is 6.53 Å². The van der Waals surface area contributed by atoms with Crippen LogP contribution in [0.25, 0.3) is 0 Å². The standard InChI is InChI=1S/C14H22O4S.K.H/c1-13(2,3)10-7-9(19(16,17)18)8-11(12(10)15)14(4,5)6;;/h7-8,15H,1-6H3,(H,16,17,18);;/q;+1;-1. The van der Waals surface area contributed by atoms with Crippen molar-refractivity contribution in [1.29, 1.82) is 0 Å². The summed E-state index contributed by atoms with van der Waals surface area (Å²) in [5, 5.41) is 10.4. The van der Waals surface area contributed by atoms with E-state index in [0.29, 0.717) is 11.1 Å². The maximum atomic E-state index is 11.4. The van der Waals surface area contributed by atoms with Gasteiger partial charge in [-0.2, -0.15) is 8.42 Å². The molecule has 0 aliphatic carbocycles. The van der Waals surface area contributed by atoms with Gasteiger partial charge in [0.15, 0.2) is 0 Å². The Morgan fingerprint density at radius 3 is 1.45 bits per heavy atom. The van der Waals surface area contributed by atoms with Crippen molar-refractivity contribution in [3.05, 3.63) is 23.3 Å². The molecular formula is C14H23KO4S. The summed E-state index contributed by atoms with van der Waals surface area (Å²) in [5.74, 6) is 0.0902. The molecule has 4 nitrogen and oxygen atoms in total. The molecule has 1 aromatic rings. The van der Waals surface area contributed by atoms with Gasteiger partial charge in [-0.3, -0.25) is 4.55 Å². The van der Waals surface area contributed by atoms with E-state index in [1.54, 1.807) is 0 Å². The van der Waals surface area contributed by atoms with Crippen LogP contribution in [0, 0.1) is 0 Å². The van der Waals surface area contributed by atoms with Crippen molar-refractivity contribution in [3.63, 3.8) is 0 Å². The normalized spacial score (nSPS) is 12.9. The predicted molar refractivity (Wildman–Crippen MR) is 76.4 cm³/mol. The van der Waals surface area contributed by atoms with Gasteiger partial charge in [0.1, 0.15) is 5.75 Å². The van der Waals surface area contributed by atoms with Crippen molar-refractivity contribution in [1.82, 2.24) is 0 Å². The number of phenolic OH excluding ortho intramolecular Hbond substituents is 1. The second-order valence-corrected chi connectivity index (χ2v) is 8.26. The Hall–Kier alpha value is 0.566. The molecule has 1 rings (SSSR count). The van der Waals surface area contributed by atoms with Gasteiger partial charge in [-0.05, 0) is 23.0 Å². The summed E-state index contributed by atoms with van der Waals surface area (Å²) >= 11 is 0. The maximum absolute atomic E-state index is 11.4. The zero-order valence-electron chi connectivity index (χ0n) is 14.3. The van der Waals surface area contributed by atoms with Gasteiger partial charge in [-0.25, -0.2) is 0 Å². The van der Waals surface area contributed by atoms with Crippen molar-refractivity contribution in [2.45, 2.75) is 57.3 Å². The molecule has 0 spiro atoms. The predicted octanol–water partition coefficient (Wildman–Crippen LogP) is 0.350. The van der Waals surface area contributed by atoms with Crippen LogP contribution < -0.4 is 51.4 Å². The maximum Gasteiger partial charge on any atom is 1.00 e. The summed E-state index contributed by atoms with van der Waals surface area (Å²) < 4.78 is 32.0. The second-order valence-electron chi connectivity index (χ2n) is 6.84. The molecule has 0 aliphatic rings. The molecule has 6 heteroatoms. The molecule has 2 N–H and O–H groups in total. The van der Waals surface area contributed by atoms with E-state index in [1.165, 1.54) is 12.1 Å². The minimum absolute atomic E-state index is 0.